The molecule has 90 heavy (non-hydrogen) atoms. The Kier molecular flexibility index (Phi) is 37.9. The van der Waals surface area contributed by atoms with Gasteiger partial charge in [-0.2, -0.15) is 20.4 Å². The van der Waals surface area contributed by atoms with E-state index >= 15 is 0 Å². The van der Waals surface area contributed by atoms with Crippen LogP contribution in [0.5, 0.6) is 0 Å². The molecule has 0 bridgehead atoms. The number of rotatable bonds is 8. The number of carbonyl (C=O) groups excluding carboxylic acids is 1. The maximum absolute atomic E-state index is 9.44. The van der Waals surface area contributed by atoms with E-state index in [1.807, 2.05) is 177 Å². The van der Waals surface area contributed by atoms with Gasteiger partial charge in [0, 0.05) is 45.6 Å². The number of ketones is 1. The zero-order valence-corrected chi connectivity index (χ0v) is 57.7. The molecule has 0 radical (unpaired) electrons. The van der Waals surface area contributed by atoms with Crippen molar-refractivity contribution in [3.05, 3.63) is 198 Å². The Balaban J connectivity index is 0.00000108. The quantitative estimate of drug-likeness (QED) is 0.0628. The number of nitrogens with zero attached hydrogens (tertiary/aromatic N) is 18. The molecule has 29 nitrogen and oxygen atoms in total. The zero-order valence-electron chi connectivity index (χ0n) is 48.8. The third-order valence-corrected chi connectivity index (χ3v) is 10.6. The Bertz CT molecular complexity index is 3340. The van der Waals surface area contributed by atoms with Crippen LogP contribution in [0.1, 0.15) is 59.4 Å². The molecule has 0 aliphatic heterocycles. The van der Waals surface area contributed by atoms with Gasteiger partial charge in [0.2, 0.25) is 0 Å². The third-order valence-electron chi connectivity index (χ3n) is 10.6. The average molecular weight is 1780 g/mol. The molecule has 0 saturated carbocycles. The van der Waals surface area contributed by atoms with E-state index in [0.717, 1.165) is 137 Å². The number of aromatic amines is 4. The molecule has 12 rings (SSSR count). The molecule has 492 valence electrons. The molecule has 0 aliphatic carbocycles. The molecule has 0 atom stereocenters. The average Bonchev–Trinajstić information content (AvgIpc) is 2.44. The van der Waals surface area contributed by atoms with E-state index in [0.29, 0.717) is 0 Å². The Hall–Kier alpha value is -7.21. The Morgan fingerprint density at radius 3 is 0.633 bits per heavy atom. The molecule has 0 amide bonds. The number of hydrogen-bond donors (Lipinski definition) is 4. The van der Waals surface area contributed by atoms with Crippen LogP contribution in [0, 0.1) is 86.0 Å². The van der Waals surface area contributed by atoms with E-state index in [-0.39, 0.29) is 140 Å². The number of pyridine rings is 4. The maximum Gasteiger partial charge on any atom is 1.00 e. The van der Waals surface area contributed by atoms with Crippen LogP contribution < -0.4 is 20.4 Å². The summed E-state index contributed by atoms with van der Waals surface area (Å²) >= 11 is 0. The van der Waals surface area contributed by atoms with Gasteiger partial charge in [-0.15, -0.1) is 0 Å². The molecule has 0 saturated heterocycles. The largest absolute Gasteiger partial charge is 1.00 e. The molecule has 0 fully saturated rings. The number of carbonyl (C=O) groups is 1. The first-order valence-corrected chi connectivity index (χ1v) is 25.1. The van der Waals surface area contributed by atoms with E-state index in [1.165, 1.54) is 13.8 Å². The van der Waals surface area contributed by atoms with Crippen molar-refractivity contribution in [2.24, 2.45) is 0 Å². The predicted octanol–water partition coefficient (Wildman–Crippen LogP) is 8.53. The fraction of sp³-hybridized carbons (Fsp3) is 0.182. The fourth-order valence-electron chi connectivity index (χ4n) is 7.13. The van der Waals surface area contributed by atoms with Crippen molar-refractivity contribution in [3.8, 4) is 91.1 Å². The molecule has 12 heterocycles. The van der Waals surface area contributed by atoms with Crippen LogP contribution in [-0.4, -0.2) is 97.1 Å². The second kappa shape index (κ2) is 41.2. The number of aryl methyl sites for hydroxylation is 8. The van der Waals surface area contributed by atoms with Crippen LogP contribution in [-0.2, 0) is 139 Å². The van der Waals surface area contributed by atoms with Crippen LogP contribution in [0.15, 0.2) is 121 Å². The van der Waals surface area contributed by atoms with E-state index in [1.54, 1.807) is 0 Å². The van der Waals surface area contributed by atoms with Crippen molar-refractivity contribution in [2.45, 2.75) is 69.2 Å². The smallest absolute Gasteiger partial charge is 0.574 e. The minimum atomic E-state index is -1.75. The second-order valence-corrected chi connectivity index (χ2v) is 18.2. The van der Waals surface area contributed by atoms with Crippen LogP contribution in [0.2, 0.25) is 0 Å². The summed E-state index contributed by atoms with van der Waals surface area (Å²) in [7, 11) is 0. The predicted molar refractivity (Wildman–Crippen MR) is 308 cm³/mol. The van der Waals surface area contributed by atoms with Crippen molar-refractivity contribution in [2.75, 3.05) is 0 Å². The monoisotopic (exact) mass is 1780 g/mol. The first kappa shape index (κ1) is 82.8. The minimum Gasteiger partial charge on any atom is -0.574 e. The summed E-state index contributed by atoms with van der Waals surface area (Å²) in [5.41, 5.74) is 20.7. The molecule has 0 unspecified atom stereocenters. The molecule has 0 aromatic carbocycles. The standard InChI is InChI=1S/4C13H12N5.C3H6O.6Ag.2NO3/c4*1-8-6-12(17-15-8)10-4-3-5-11(14-10)13-7-9(2)16-18-13;1-3(2)4;;;;;;;2*2-1(3)4/h4*3-7H,1-2H3,(H-,15,16,17,18);1-2H3;;;;;;;;/q4*-1;;6*+1;2*-1. The van der Waals surface area contributed by atoms with Crippen molar-refractivity contribution in [1.82, 2.24) is 102 Å². The first-order chi connectivity index (χ1) is 40.1. The topological polar surface area (TPSA) is 424 Å². The molecule has 4 N–H and O–H groups in total. The summed E-state index contributed by atoms with van der Waals surface area (Å²) in [4.78, 5) is 44.2. The van der Waals surface area contributed by atoms with Gasteiger partial charge in [0.25, 0.3) is 0 Å². The van der Waals surface area contributed by atoms with Gasteiger partial charge in [-0.1, -0.05) is 71.3 Å². The molecule has 0 aliphatic rings. The summed E-state index contributed by atoms with van der Waals surface area (Å²) in [6, 6.07) is 38.8. The van der Waals surface area contributed by atoms with Gasteiger partial charge in [0.15, 0.2) is 0 Å². The van der Waals surface area contributed by atoms with Crippen molar-refractivity contribution >= 4 is 5.78 Å². The van der Waals surface area contributed by atoms with Gasteiger partial charge >= 0.3 is 134 Å². The van der Waals surface area contributed by atoms with E-state index in [2.05, 4.69) is 102 Å². The molecule has 12 aromatic heterocycles. The summed E-state index contributed by atoms with van der Waals surface area (Å²) in [5.74, 6) is 0.167. The van der Waals surface area contributed by atoms with E-state index < -0.39 is 10.2 Å². The molecule has 0 spiro atoms. The maximum atomic E-state index is 9.44. The normalized spacial score (nSPS) is 9.44. The van der Waals surface area contributed by atoms with Crippen LogP contribution >= 0.6 is 0 Å². The SMILES string of the molecule is CC(C)=O.Cc1cc(-c2cccc(-c3cc(C)[nH]n3)n2)[n-]n1.Cc1cc(-c2cccc(-c3cc(C)[nH]n3)n2)[n-]n1.Cc1cc(-c2cccc(-c3cc(C)[nH]n3)n2)[n-]n1.Cc1cc(-c2cccc(-c3cc(C)[nH]n3)n2)[n-]n1.O=[N+]([O-])[O-].O=[N+]([O-])[O-].[Ag+].[Ag+].[Ag+].[Ag+].[Ag+].[Ag+]. The van der Waals surface area contributed by atoms with Crippen molar-refractivity contribution < 1.29 is 149 Å². The number of nitrogens with one attached hydrogen (secondary N) is 4. The number of aromatic nitrogens is 20. The second-order valence-electron chi connectivity index (χ2n) is 18.2. The van der Waals surface area contributed by atoms with Gasteiger partial charge in [-0.3, -0.25) is 20.4 Å². The Labute approximate surface area is 608 Å². The van der Waals surface area contributed by atoms with Gasteiger partial charge in [0.05, 0.1) is 55.7 Å². The third kappa shape index (κ3) is 27.5. The van der Waals surface area contributed by atoms with E-state index in [4.69, 9.17) is 30.6 Å². The summed E-state index contributed by atoms with van der Waals surface area (Å²) in [6.45, 7) is 18.6. The number of hydrogen-bond acceptors (Lipinski definition) is 19. The molecular formula is C55H54Ag6N22O7. The van der Waals surface area contributed by atoms with E-state index in [9.17, 15) is 4.79 Å². The van der Waals surface area contributed by atoms with Gasteiger partial charge < -0.3 is 76.2 Å². The first-order valence-electron chi connectivity index (χ1n) is 25.1. The Morgan fingerprint density at radius 1 is 0.333 bits per heavy atom. The number of Topliss-reactive ketones (excluding diaryl/α,β-unsaturated/α-hetero) is 1. The van der Waals surface area contributed by atoms with Gasteiger partial charge in [0.1, 0.15) is 28.6 Å². The van der Waals surface area contributed by atoms with Crippen molar-refractivity contribution in [3.63, 3.8) is 0 Å². The minimum absolute atomic E-state index is 0. The molecule has 12 aromatic rings. The summed E-state index contributed by atoms with van der Waals surface area (Å²) in [5, 5.41) is 90.3. The fourth-order valence-corrected chi connectivity index (χ4v) is 7.13. The summed E-state index contributed by atoms with van der Waals surface area (Å²) in [6.07, 6.45) is 0. The number of H-pyrrole nitrogens is 4. The Morgan fingerprint density at radius 2 is 0.500 bits per heavy atom. The van der Waals surface area contributed by atoms with Crippen LogP contribution in [0.3, 0.4) is 0 Å². The zero-order chi connectivity index (χ0) is 60.9. The van der Waals surface area contributed by atoms with Gasteiger partial charge in [-0.25, -0.2) is 19.9 Å². The van der Waals surface area contributed by atoms with Crippen molar-refractivity contribution in [1.29, 1.82) is 0 Å². The molecular weight excluding hydrogens is 1730 g/mol. The van der Waals surface area contributed by atoms with Crippen LogP contribution in [0.25, 0.3) is 91.1 Å². The van der Waals surface area contributed by atoms with Crippen LogP contribution in [0.4, 0.5) is 0 Å². The summed E-state index contributed by atoms with van der Waals surface area (Å²) < 4.78 is 0. The van der Waals surface area contributed by atoms with Gasteiger partial charge in [-0.05, 0) is 142 Å². The molecule has 35 heteroatoms.